The predicted molar refractivity (Wildman–Crippen MR) is 140 cm³/mol. The fourth-order valence-electron chi connectivity index (χ4n) is 4.05. The summed E-state index contributed by atoms with van der Waals surface area (Å²) in [5.41, 5.74) is 2.44. The number of carbonyl (C=O) groups excluding carboxylic acids is 1. The number of rotatable bonds is 8. The Hall–Kier alpha value is -3.08. The van der Waals surface area contributed by atoms with E-state index in [-0.39, 0.29) is 30.5 Å². The highest BCUT2D eigenvalue weighted by Crippen LogP contribution is 2.22. The standard InChI is InChI=1S/C28H32N2O6S/c1-28(2)35-18-17-34-25(26(36-28)19-29-27(31)23-11-7-4-8-12-23)20-30-37(32,33)24-15-13-22(14-16-24)21-9-5-3-6-10-21/h3-16,25-26,30H,17-20H2,1-2H3,(H,29,31)/t25-,26+/m1/s1. The average Bonchev–Trinajstić information content (AvgIpc) is 2.90. The van der Waals surface area contributed by atoms with Gasteiger partial charge < -0.3 is 19.5 Å². The van der Waals surface area contributed by atoms with Gasteiger partial charge in [0, 0.05) is 18.7 Å². The Kier molecular flexibility index (Phi) is 8.73. The monoisotopic (exact) mass is 524 g/mol. The first-order valence-corrected chi connectivity index (χ1v) is 13.6. The van der Waals surface area contributed by atoms with Crippen LogP contribution in [0.1, 0.15) is 24.2 Å². The summed E-state index contributed by atoms with van der Waals surface area (Å²) < 4.78 is 46.5. The smallest absolute Gasteiger partial charge is 0.251 e. The van der Waals surface area contributed by atoms with E-state index in [9.17, 15) is 13.2 Å². The van der Waals surface area contributed by atoms with Gasteiger partial charge in [-0.05, 0) is 49.2 Å². The van der Waals surface area contributed by atoms with Gasteiger partial charge in [-0.1, -0.05) is 60.7 Å². The van der Waals surface area contributed by atoms with Crippen LogP contribution in [0.2, 0.25) is 0 Å². The third kappa shape index (κ3) is 7.47. The summed E-state index contributed by atoms with van der Waals surface area (Å²) in [6.45, 7) is 4.18. The van der Waals surface area contributed by atoms with Crippen LogP contribution in [-0.2, 0) is 24.2 Å². The topological polar surface area (TPSA) is 103 Å². The van der Waals surface area contributed by atoms with Gasteiger partial charge in [0.15, 0.2) is 5.79 Å². The number of hydrogen-bond acceptors (Lipinski definition) is 6. The molecule has 0 aromatic heterocycles. The minimum atomic E-state index is -3.81. The molecule has 196 valence electrons. The van der Waals surface area contributed by atoms with Gasteiger partial charge in [0.1, 0.15) is 6.10 Å². The molecule has 3 aromatic carbocycles. The predicted octanol–water partition coefficient (Wildman–Crippen LogP) is 3.60. The van der Waals surface area contributed by atoms with Gasteiger partial charge in [-0.25, -0.2) is 13.1 Å². The normalized spacial score (nSPS) is 19.9. The Morgan fingerprint density at radius 1 is 0.838 bits per heavy atom. The van der Waals surface area contributed by atoms with Gasteiger partial charge in [-0.15, -0.1) is 0 Å². The molecule has 0 aliphatic carbocycles. The zero-order valence-corrected chi connectivity index (χ0v) is 21.7. The third-order valence-electron chi connectivity index (χ3n) is 5.96. The van der Waals surface area contributed by atoms with Crippen molar-refractivity contribution in [2.75, 3.05) is 26.3 Å². The van der Waals surface area contributed by atoms with E-state index < -0.39 is 28.0 Å². The van der Waals surface area contributed by atoms with Crippen LogP contribution >= 0.6 is 0 Å². The fourth-order valence-corrected chi connectivity index (χ4v) is 5.09. The second kappa shape index (κ2) is 12.0. The summed E-state index contributed by atoms with van der Waals surface area (Å²) in [6.07, 6.45) is -1.32. The van der Waals surface area contributed by atoms with Crippen molar-refractivity contribution in [3.63, 3.8) is 0 Å². The number of nitrogens with one attached hydrogen (secondary N) is 2. The SMILES string of the molecule is CC1(C)OCCO[C@H](CNS(=O)(=O)c2ccc(-c3ccccc3)cc2)[C@H](CNC(=O)c2ccccc2)O1. The van der Waals surface area contributed by atoms with Crippen LogP contribution in [-0.4, -0.2) is 58.6 Å². The van der Waals surface area contributed by atoms with Crippen LogP contribution in [0.4, 0.5) is 0 Å². The van der Waals surface area contributed by atoms with Crippen LogP contribution in [0, 0.1) is 0 Å². The van der Waals surface area contributed by atoms with E-state index in [1.807, 2.05) is 36.4 Å². The molecule has 1 heterocycles. The zero-order chi connectivity index (χ0) is 26.3. The molecule has 1 amide bonds. The van der Waals surface area contributed by atoms with Crippen molar-refractivity contribution in [3.05, 3.63) is 90.5 Å². The van der Waals surface area contributed by atoms with Gasteiger partial charge in [0.2, 0.25) is 10.0 Å². The molecule has 1 aliphatic rings. The van der Waals surface area contributed by atoms with Crippen molar-refractivity contribution in [2.45, 2.75) is 36.7 Å². The van der Waals surface area contributed by atoms with Crippen LogP contribution < -0.4 is 10.0 Å². The van der Waals surface area contributed by atoms with Crippen molar-refractivity contribution in [1.29, 1.82) is 0 Å². The van der Waals surface area contributed by atoms with Crippen LogP contribution in [0.5, 0.6) is 0 Å². The molecule has 2 atom stereocenters. The molecule has 0 unspecified atom stereocenters. The minimum absolute atomic E-state index is 0.0370. The fraction of sp³-hybridized carbons (Fsp3) is 0.321. The van der Waals surface area contributed by atoms with E-state index in [0.717, 1.165) is 11.1 Å². The van der Waals surface area contributed by atoms with E-state index in [0.29, 0.717) is 12.2 Å². The Labute approximate surface area is 218 Å². The van der Waals surface area contributed by atoms with Gasteiger partial charge in [0.05, 0.1) is 24.2 Å². The summed E-state index contributed by atoms with van der Waals surface area (Å²) >= 11 is 0. The summed E-state index contributed by atoms with van der Waals surface area (Å²) in [7, 11) is -3.81. The number of sulfonamides is 1. The molecule has 1 saturated heterocycles. The molecule has 0 bridgehead atoms. The van der Waals surface area contributed by atoms with Crippen LogP contribution in [0.15, 0.2) is 89.8 Å². The van der Waals surface area contributed by atoms with Crippen molar-refractivity contribution < 1.29 is 27.4 Å². The van der Waals surface area contributed by atoms with Gasteiger partial charge >= 0.3 is 0 Å². The van der Waals surface area contributed by atoms with Crippen LogP contribution in [0.25, 0.3) is 11.1 Å². The van der Waals surface area contributed by atoms with E-state index in [1.165, 1.54) is 0 Å². The largest absolute Gasteiger partial charge is 0.372 e. The lowest BCUT2D eigenvalue weighted by Crippen LogP contribution is -2.52. The molecule has 0 saturated carbocycles. The molecule has 0 spiro atoms. The maximum atomic E-state index is 13.1. The van der Waals surface area contributed by atoms with Gasteiger partial charge in [-0.3, -0.25) is 4.79 Å². The number of carbonyl (C=O) groups is 1. The van der Waals surface area contributed by atoms with Gasteiger partial charge in [0.25, 0.3) is 5.91 Å². The number of benzene rings is 3. The lowest BCUT2D eigenvalue weighted by atomic mass is 10.1. The van der Waals surface area contributed by atoms with Crippen molar-refractivity contribution in [1.82, 2.24) is 10.0 Å². The molecule has 3 aromatic rings. The van der Waals surface area contributed by atoms with Crippen molar-refractivity contribution >= 4 is 15.9 Å². The Balaban J connectivity index is 1.44. The van der Waals surface area contributed by atoms with Crippen LogP contribution in [0.3, 0.4) is 0 Å². The van der Waals surface area contributed by atoms with Gasteiger partial charge in [-0.2, -0.15) is 0 Å². The highest BCUT2D eigenvalue weighted by molar-refractivity contribution is 7.89. The summed E-state index contributed by atoms with van der Waals surface area (Å²) in [4.78, 5) is 12.7. The second-order valence-corrected chi connectivity index (χ2v) is 10.9. The first-order chi connectivity index (χ1) is 17.7. The Bertz CT molecular complexity index is 1270. The number of amides is 1. The third-order valence-corrected chi connectivity index (χ3v) is 7.40. The summed E-state index contributed by atoms with van der Waals surface area (Å²) in [6, 6.07) is 25.3. The lowest BCUT2D eigenvalue weighted by Gasteiger charge is -2.37. The quantitative estimate of drug-likeness (QED) is 0.467. The van der Waals surface area contributed by atoms with Crippen molar-refractivity contribution in [2.24, 2.45) is 0 Å². The molecule has 8 nitrogen and oxygen atoms in total. The highest BCUT2D eigenvalue weighted by atomic mass is 32.2. The second-order valence-electron chi connectivity index (χ2n) is 9.13. The molecular weight excluding hydrogens is 492 g/mol. The average molecular weight is 525 g/mol. The van der Waals surface area contributed by atoms with E-state index in [4.69, 9.17) is 14.2 Å². The number of ether oxygens (including phenoxy) is 3. The molecule has 0 radical (unpaired) electrons. The molecule has 1 aliphatic heterocycles. The molecule has 2 N–H and O–H groups in total. The Morgan fingerprint density at radius 2 is 1.46 bits per heavy atom. The first kappa shape index (κ1) is 27.0. The number of hydrogen-bond donors (Lipinski definition) is 2. The molecule has 1 fully saturated rings. The summed E-state index contributed by atoms with van der Waals surface area (Å²) in [5, 5.41) is 2.86. The van der Waals surface area contributed by atoms with Crippen molar-refractivity contribution in [3.8, 4) is 11.1 Å². The summed E-state index contributed by atoms with van der Waals surface area (Å²) in [5.74, 6) is -1.20. The highest BCUT2D eigenvalue weighted by Gasteiger charge is 2.34. The molecule has 37 heavy (non-hydrogen) atoms. The molecular formula is C28H32N2O6S. The van der Waals surface area contributed by atoms with E-state index >= 15 is 0 Å². The van der Waals surface area contributed by atoms with E-state index in [1.54, 1.807) is 62.4 Å². The Morgan fingerprint density at radius 3 is 2.14 bits per heavy atom. The maximum absolute atomic E-state index is 13.1. The minimum Gasteiger partial charge on any atom is -0.372 e. The zero-order valence-electron chi connectivity index (χ0n) is 20.9. The maximum Gasteiger partial charge on any atom is 0.251 e. The van der Waals surface area contributed by atoms with E-state index in [2.05, 4.69) is 10.0 Å². The lowest BCUT2D eigenvalue weighted by molar-refractivity contribution is -0.277. The molecule has 4 rings (SSSR count). The molecule has 9 heteroatoms. The first-order valence-electron chi connectivity index (χ1n) is 12.2.